The Morgan fingerprint density at radius 2 is 2.20 bits per heavy atom. The van der Waals surface area contributed by atoms with Crippen molar-refractivity contribution < 1.29 is 19.1 Å². The van der Waals surface area contributed by atoms with Crippen molar-refractivity contribution in [2.24, 2.45) is 11.5 Å². The van der Waals surface area contributed by atoms with E-state index in [1.807, 2.05) is 6.07 Å². The van der Waals surface area contributed by atoms with Gasteiger partial charge in [-0.3, -0.25) is 10.1 Å². The molecule has 2 aromatic rings. The summed E-state index contributed by atoms with van der Waals surface area (Å²) < 4.78 is 11.2. The summed E-state index contributed by atoms with van der Waals surface area (Å²) >= 11 is 1.20. The highest BCUT2D eigenvalue weighted by atomic mass is 32.1. The topological polar surface area (TPSA) is 130 Å². The van der Waals surface area contributed by atoms with Gasteiger partial charge in [0, 0.05) is 29.3 Å². The van der Waals surface area contributed by atoms with Gasteiger partial charge in [-0.05, 0) is 25.0 Å². The number of pyridine rings is 1. The number of amides is 3. The van der Waals surface area contributed by atoms with E-state index in [0.717, 1.165) is 29.9 Å². The molecule has 1 unspecified atom stereocenters. The number of carbonyl (C=O) groups is 2. The third kappa shape index (κ3) is 4.25. The molecule has 0 bridgehead atoms. The quantitative estimate of drug-likeness (QED) is 0.748. The Labute approximate surface area is 148 Å². The second kappa shape index (κ2) is 7.49. The Morgan fingerprint density at radius 1 is 1.36 bits per heavy atom. The van der Waals surface area contributed by atoms with Crippen LogP contribution in [0.4, 0.5) is 9.80 Å². The third-order valence-corrected chi connectivity index (χ3v) is 4.76. The monoisotopic (exact) mass is 362 g/mol. The van der Waals surface area contributed by atoms with E-state index in [2.05, 4.69) is 10.3 Å². The van der Waals surface area contributed by atoms with E-state index in [9.17, 15) is 9.59 Å². The number of nitrogens with zero attached hydrogens (tertiary/aromatic N) is 1. The van der Waals surface area contributed by atoms with E-state index >= 15 is 0 Å². The summed E-state index contributed by atoms with van der Waals surface area (Å²) in [6.07, 6.45) is 3.58. The van der Waals surface area contributed by atoms with E-state index in [1.54, 1.807) is 18.3 Å². The van der Waals surface area contributed by atoms with E-state index in [1.165, 1.54) is 11.3 Å². The van der Waals surface area contributed by atoms with Crippen molar-refractivity contribution in [1.82, 2.24) is 4.98 Å². The largest absolute Gasteiger partial charge is 0.472 e. The number of anilines is 1. The van der Waals surface area contributed by atoms with Crippen molar-refractivity contribution >= 4 is 28.3 Å². The van der Waals surface area contributed by atoms with Crippen LogP contribution < -0.4 is 21.5 Å². The molecule has 3 rings (SSSR count). The fraction of sp³-hybridized carbons (Fsp3) is 0.312. The first-order valence-corrected chi connectivity index (χ1v) is 8.55. The molecule has 0 aliphatic carbocycles. The minimum atomic E-state index is -0.757. The predicted molar refractivity (Wildman–Crippen MR) is 93.7 cm³/mol. The van der Waals surface area contributed by atoms with Crippen molar-refractivity contribution in [3.8, 4) is 16.3 Å². The Morgan fingerprint density at radius 3 is 2.80 bits per heavy atom. The lowest BCUT2D eigenvalue weighted by Gasteiger charge is -2.22. The molecule has 0 radical (unpaired) electrons. The Bertz CT molecular complexity index is 769. The summed E-state index contributed by atoms with van der Waals surface area (Å²) in [5.41, 5.74) is 11.4. The standard InChI is InChI=1S/C16H18N4O4S/c17-14(21)11-6-12(25-15(11)20-16(18)22)9-3-4-13(19-7-9)24-10-2-1-5-23-8-10/h3-4,6-7,10H,1-2,5,8H2,(H2,17,21)(H3,18,20,22). The van der Waals surface area contributed by atoms with Crippen LogP contribution in [0.3, 0.4) is 0 Å². The van der Waals surface area contributed by atoms with Gasteiger partial charge in [0.05, 0.1) is 12.2 Å². The SMILES string of the molecule is NC(=O)Nc1sc(-c2ccc(OC3CCCOC3)nc2)cc1C(N)=O. The second-order valence-electron chi connectivity index (χ2n) is 5.55. The van der Waals surface area contributed by atoms with Gasteiger partial charge >= 0.3 is 6.03 Å². The molecule has 3 heterocycles. The maximum Gasteiger partial charge on any atom is 0.317 e. The van der Waals surface area contributed by atoms with Gasteiger partial charge in [0.1, 0.15) is 11.1 Å². The predicted octanol–water partition coefficient (Wildman–Crippen LogP) is 1.96. The molecule has 9 heteroatoms. The van der Waals surface area contributed by atoms with Crippen molar-refractivity contribution in [2.45, 2.75) is 18.9 Å². The summed E-state index contributed by atoms with van der Waals surface area (Å²) in [5, 5.41) is 2.72. The van der Waals surface area contributed by atoms with Crippen LogP contribution in [-0.4, -0.2) is 36.2 Å². The fourth-order valence-electron chi connectivity index (χ4n) is 2.49. The van der Waals surface area contributed by atoms with E-state index in [-0.39, 0.29) is 11.7 Å². The summed E-state index contributed by atoms with van der Waals surface area (Å²) in [4.78, 5) is 27.6. The van der Waals surface area contributed by atoms with E-state index < -0.39 is 11.9 Å². The molecule has 132 valence electrons. The van der Waals surface area contributed by atoms with Crippen LogP contribution in [-0.2, 0) is 4.74 Å². The van der Waals surface area contributed by atoms with Gasteiger partial charge in [-0.15, -0.1) is 11.3 Å². The zero-order valence-electron chi connectivity index (χ0n) is 13.4. The number of carbonyl (C=O) groups excluding carboxylic acids is 2. The van der Waals surface area contributed by atoms with Crippen molar-refractivity contribution in [3.05, 3.63) is 30.0 Å². The lowest BCUT2D eigenvalue weighted by molar-refractivity contribution is 0.00551. The molecular formula is C16H18N4O4S. The first kappa shape index (κ1) is 17.2. The molecule has 1 aliphatic heterocycles. The van der Waals surface area contributed by atoms with Crippen molar-refractivity contribution in [2.75, 3.05) is 18.5 Å². The van der Waals surface area contributed by atoms with Gasteiger partial charge in [0.25, 0.3) is 5.91 Å². The first-order chi connectivity index (χ1) is 12.0. The number of thiophene rings is 1. The summed E-state index contributed by atoms with van der Waals surface area (Å²) in [5.74, 6) is -0.127. The van der Waals surface area contributed by atoms with Gasteiger partial charge < -0.3 is 20.9 Å². The number of nitrogens with two attached hydrogens (primary N) is 2. The molecule has 5 N–H and O–H groups in total. The highest BCUT2D eigenvalue weighted by molar-refractivity contribution is 7.20. The molecule has 25 heavy (non-hydrogen) atoms. The Balaban J connectivity index is 1.77. The van der Waals surface area contributed by atoms with Gasteiger partial charge in [-0.2, -0.15) is 0 Å². The highest BCUT2D eigenvalue weighted by Crippen LogP contribution is 2.35. The smallest absolute Gasteiger partial charge is 0.317 e. The number of aromatic nitrogens is 1. The first-order valence-electron chi connectivity index (χ1n) is 7.74. The highest BCUT2D eigenvalue weighted by Gasteiger charge is 2.18. The van der Waals surface area contributed by atoms with Crippen LogP contribution in [0.25, 0.3) is 10.4 Å². The number of rotatable bonds is 5. The maximum atomic E-state index is 11.5. The molecular weight excluding hydrogens is 344 g/mol. The van der Waals surface area contributed by atoms with E-state index in [4.69, 9.17) is 20.9 Å². The fourth-order valence-corrected chi connectivity index (χ4v) is 3.55. The Hall–Kier alpha value is -2.65. The van der Waals surface area contributed by atoms with Crippen LogP contribution >= 0.6 is 11.3 Å². The van der Waals surface area contributed by atoms with Crippen molar-refractivity contribution in [1.29, 1.82) is 0 Å². The number of nitrogens with one attached hydrogen (secondary N) is 1. The number of ether oxygens (including phenoxy) is 2. The molecule has 3 amide bonds. The van der Waals surface area contributed by atoms with Gasteiger partial charge in [0.15, 0.2) is 0 Å². The molecule has 1 saturated heterocycles. The average Bonchev–Trinajstić information content (AvgIpc) is 3.00. The zero-order valence-corrected chi connectivity index (χ0v) is 14.2. The van der Waals surface area contributed by atoms with Crippen LogP contribution in [0, 0.1) is 0 Å². The number of hydrogen-bond donors (Lipinski definition) is 3. The normalized spacial score (nSPS) is 17.0. The molecule has 8 nitrogen and oxygen atoms in total. The Kier molecular flexibility index (Phi) is 5.15. The molecule has 0 saturated carbocycles. The average molecular weight is 362 g/mol. The number of primary amides is 2. The van der Waals surface area contributed by atoms with Crippen LogP contribution in [0.15, 0.2) is 24.4 Å². The lowest BCUT2D eigenvalue weighted by atomic mass is 10.2. The summed E-state index contributed by atoms with van der Waals surface area (Å²) in [6.45, 7) is 1.34. The molecule has 0 aromatic carbocycles. The van der Waals surface area contributed by atoms with Crippen LogP contribution in [0.2, 0.25) is 0 Å². The minimum absolute atomic E-state index is 0.0154. The van der Waals surface area contributed by atoms with Crippen LogP contribution in [0.1, 0.15) is 23.2 Å². The third-order valence-electron chi connectivity index (χ3n) is 3.66. The molecule has 1 fully saturated rings. The summed E-state index contributed by atoms with van der Waals surface area (Å²) in [7, 11) is 0. The van der Waals surface area contributed by atoms with Crippen LogP contribution in [0.5, 0.6) is 5.88 Å². The number of hydrogen-bond acceptors (Lipinski definition) is 6. The second-order valence-corrected chi connectivity index (χ2v) is 6.60. The molecule has 2 aromatic heterocycles. The minimum Gasteiger partial charge on any atom is -0.472 e. The molecule has 0 spiro atoms. The van der Waals surface area contributed by atoms with E-state index in [0.29, 0.717) is 17.5 Å². The number of urea groups is 1. The zero-order chi connectivity index (χ0) is 17.8. The lowest BCUT2D eigenvalue weighted by Crippen LogP contribution is -2.28. The summed E-state index contributed by atoms with van der Waals surface area (Å²) in [6, 6.07) is 4.43. The molecule has 1 atom stereocenters. The van der Waals surface area contributed by atoms with Gasteiger partial charge in [0.2, 0.25) is 5.88 Å². The molecule has 1 aliphatic rings. The van der Waals surface area contributed by atoms with Crippen molar-refractivity contribution in [3.63, 3.8) is 0 Å². The maximum absolute atomic E-state index is 11.5. The van der Waals surface area contributed by atoms with Gasteiger partial charge in [-0.1, -0.05) is 0 Å². The van der Waals surface area contributed by atoms with Gasteiger partial charge in [-0.25, -0.2) is 9.78 Å².